The van der Waals surface area contributed by atoms with Crippen LogP contribution in [-0.2, 0) is 23.9 Å². The summed E-state index contributed by atoms with van der Waals surface area (Å²) in [6.45, 7) is 19.1. The van der Waals surface area contributed by atoms with E-state index >= 15 is 0 Å². The third-order valence-electron chi connectivity index (χ3n) is 5.94. The number of hydrogen-bond donors (Lipinski definition) is 1. The van der Waals surface area contributed by atoms with Crippen molar-refractivity contribution in [3.8, 4) is 0 Å². The Bertz CT molecular complexity index is 515. The maximum Gasteiger partial charge on any atom is 1.00 e. The van der Waals surface area contributed by atoms with Gasteiger partial charge in [-0.3, -0.25) is 9.59 Å². The van der Waals surface area contributed by atoms with E-state index in [1.807, 2.05) is 6.92 Å². The molecule has 1 N–H and O–H groups in total. The van der Waals surface area contributed by atoms with Crippen molar-refractivity contribution in [1.82, 2.24) is 9.80 Å². The second kappa shape index (κ2) is 30.8. The van der Waals surface area contributed by atoms with E-state index in [1.165, 1.54) is 0 Å². The van der Waals surface area contributed by atoms with Crippen LogP contribution in [0.1, 0.15) is 81.5 Å². The molecule has 207 valence electrons. The van der Waals surface area contributed by atoms with Gasteiger partial charge in [0, 0.05) is 21.4 Å². The fourth-order valence-electron chi connectivity index (χ4n) is 3.71. The van der Waals surface area contributed by atoms with E-state index in [0.717, 1.165) is 71.2 Å². The van der Waals surface area contributed by atoms with Crippen LogP contribution in [0.15, 0.2) is 0 Å². The van der Waals surface area contributed by atoms with E-state index in [0.29, 0.717) is 19.6 Å². The third kappa shape index (κ3) is 22.7. The first kappa shape index (κ1) is 42.6. The normalized spacial score (nSPS) is 11.9. The summed E-state index contributed by atoms with van der Waals surface area (Å²) in [7, 11) is 0. The van der Waals surface area contributed by atoms with Crippen LogP contribution < -0.4 is 29.6 Å². The van der Waals surface area contributed by atoms with Gasteiger partial charge in [0.05, 0.1) is 25.0 Å². The minimum Gasteiger partial charge on any atom is -1.00 e. The molecule has 0 spiro atoms. The summed E-state index contributed by atoms with van der Waals surface area (Å²) in [4.78, 5) is 38.3. The fourth-order valence-corrected chi connectivity index (χ4v) is 3.71. The molecule has 2 atom stereocenters. The first-order chi connectivity index (χ1) is 16.4. The molecule has 0 aromatic rings. The van der Waals surface area contributed by atoms with Gasteiger partial charge in [0.2, 0.25) is 0 Å². The van der Waals surface area contributed by atoms with Gasteiger partial charge in [-0.25, -0.2) is 0 Å². The number of aliphatic hydroxyl groups excluding tert-OH is 1. The minimum atomic E-state index is -0.261. The molecule has 0 saturated carbocycles. The van der Waals surface area contributed by atoms with Gasteiger partial charge in [-0.05, 0) is 85.2 Å². The first-order valence-corrected chi connectivity index (χ1v) is 13.2. The molecule has 0 heterocycles. The number of aldehydes is 1. The second-order valence-corrected chi connectivity index (χ2v) is 8.15. The zero-order valence-corrected chi connectivity index (χ0v) is 26.3. The maximum atomic E-state index is 11.6. The van der Waals surface area contributed by atoms with Crippen LogP contribution in [0.25, 0.3) is 0 Å². The standard InChI is InChI=1S/C13H27NO3.C13H25NO3.B.Na.H/c2*1-4-14(5-2)10-7-8-12(9-11-15)13(16)17-6-3;;;/h12,15H,4-11H2,1-3H3;11-12H,4-10H2,1-3H3;;;/q;;;+1;-1/t2*12-;;;/m11.../s1. The molecule has 3 radical (unpaired) electrons. The Kier molecular flexibility index (Phi) is 36.5. The Morgan fingerprint density at radius 2 is 1.17 bits per heavy atom. The Balaban J connectivity index is -0.000000171. The SMILES string of the molecule is CCOC(=O)[C@@H](CC=O)CCCN(CC)CC.CCOC(=O)[C@@H](CCO)CCCN(CC)CC.[B].[H-].[Na+]. The average molecular weight is 524 g/mol. The Hall–Kier alpha value is -0.445. The molecule has 0 unspecified atom stereocenters. The summed E-state index contributed by atoms with van der Waals surface area (Å²) in [6.07, 6.45) is 5.03. The molecule has 0 bridgehead atoms. The predicted molar refractivity (Wildman–Crippen MR) is 144 cm³/mol. The zero-order chi connectivity index (χ0) is 26.2. The van der Waals surface area contributed by atoms with Gasteiger partial charge in [-0.15, -0.1) is 0 Å². The molecule has 0 rings (SSSR count). The molecule has 0 aliphatic carbocycles. The van der Waals surface area contributed by atoms with Crippen molar-refractivity contribution in [2.24, 2.45) is 11.8 Å². The zero-order valence-electron chi connectivity index (χ0n) is 25.3. The topological polar surface area (TPSA) is 96.4 Å². The van der Waals surface area contributed by atoms with Crippen LogP contribution in [0.2, 0.25) is 0 Å². The Labute approximate surface area is 246 Å². The minimum absolute atomic E-state index is 0. The van der Waals surface area contributed by atoms with Gasteiger partial charge in [0.15, 0.2) is 0 Å². The molecule has 0 aliphatic rings. The molecule has 0 amide bonds. The van der Waals surface area contributed by atoms with E-state index < -0.39 is 0 Å². The van der Waals surface area contributed by atoms with E-state index in [9.17, 15) is 14.4 Å². The number of carbonyl (C=O) groups is 3. The summed E-state index contributed by atoms with van der Waals surface area (Å²) >= 11 is 0. The fraction of sp³-hybridized carbons (Fsp3) is 0.885. The van der Waals surface area contributed by atoms with Gasteiger partial charge in [-0.2, -0.15) is 0 Å². The smallest absolute Gasteiger partial charge is 1.00 e. The van der Waals surface area contributed by atoms with Crippen molar-refractivity contribution in [2.45, 2.75) is 80.1 Å². The average Bonchev–Trinajstić information content (AvgIpc) is 2.84. The number of esters is 2. The molecular formula is C26H53BN2NaO6. The molecule has 10 heteroatoms. The van der Waals surface area contributed by atoms with Crippen molar-refractivity contribution in [2.75, 3.05) is 59.1 Å². The summed E-state index contributed by atoms with van der Waals surface area (Å²) in [6, 6.07) is 0. The van der Waals surface area contributed by atoms with E-state index in [-0.39, 0.29) is 76.2 Å². The predicted octanol–water partition coefficient (Wildman–Crippen LogP) is 0.283. The van der Waals surface area contributed by atoms with Crippen molar-refractivity contribution in [1.29, 1.82) is 0 Å². The Morgan fingerprint density at radius 1 is 0.778 bits per heavy atom. The molecule has 36 heavy (non-hydrogen) atoms. The van der Waals surface area contributed by atoms with Crippen molar-refractivity contribution in [3.63, 3.8) is 0 Å². The van der Waals surface area contributed by atoms with Gasteiger partial charge >= 0.3 is 41.5 Å². The molecular weight excluding hydrogens is 470 g/mol. The maximum absolute atomic E-state index is 11.6. The van der Waals surface area contributed by atoms with E-state index in [1.54, 1.807) is 6.92 Å². The van der Waals surface area contributed by atoms with Crippen molar-refractivity contribution in [3.05, 3.63) is 0 Å². The van der Waals surface area contributed by atoms with Crippen LogP contribution in [0.3, 0.4) is 0 Å². The summed E-state index contributed by atoms with van der Waals surface area (Å²) in [5.41, 5.74) is 0. The van der Waals surface area contributed by atoms with Crippen LogP contribution in [0, 0.1) is 11.8 Å². The number of rotatable bonds is 20. The van der Waals surface area contributed by atoms with Crippen LogP contribution in [0.4, 0.5) is 0 Å². The largest absolute Gasteiger partial charge is 1.00 e. The quantitative estimate of drug-likeness (QED) is 0.138. The van der Waals surface area contributed by atoms with Crippen molar-refractivity contribution >= 4 is 26.6 Å². The second-order valence-electron chi connectivity index (χ2n) is 8.15. The number of carbonyl (C=O) groups excluding carboxylic acids is 3. The van der Waals surface area contributed by atoms with Gasteiger partial charge in [-0.1, -0.05) is 27.7 Å². The first-order valence-electron chi connectivity index (χ1n) is 13.2. The summed E-state index contributed by atoms with van der Waals surface area (Å²) < 4.78 is 9.96. The number of aliphatic hydroxyl groups is 1. The van der Waals surface area contributed by atoms with Crippen LogP contribution in [-0.4, -0.2) is 101 Å². The monoisotopic (exact) mass is 523 g/mol. The van der Waals surface area contributed by atoms with Gasteiger partial charge in [0.1, 0.15) is 6.29 Å². The number of hydrogen-bond acceptors (Lipinski definition) is 8. The third-order valence-corrected chi connectivity index (χ3v) is 5.94. The number of ether oxygens (including phenoxy) is 2. The van der Waals surface area contributed by atoms with E-state index in [2.05, 4.69) is 37.5 Å². The van der Waals surface area contributed by atoms with Crippen LogP contribution in [0.5, 0.6) is 0 Å². The molecule has 0 aliphatic heterocycles. The molecule has 0 fully saturated rings. The van der Waals surface area contributed by atoms with Crippen LogP contribution >= 0.6 is 0 Å². The summed E-state index contributed by atoms with van der Waals surface area (Å²) in [5.74, 6) is -0.807. The molecule has 0 aromatic carbocycles. The van der Waals surface area contributed by atoms with E-state index in [4.69, 9.17) is 14.6 Å². The Morgan fingerprint density at radius 3 is 1.50 bits per heavy atom. The van der Waals surface area contributed by atoms with Gasteiger partial charge in [0.25, 0.3) is 0 Å². The number of nitrogens with zero attached hydrogens (tertiary/aromatic N) is 2. The molecule has 0 saturated heterocycles. The molecule has 0 aromatic heterocycles. The van der Waals surface area contributed by atoms with Gasteiger partial charge < -0.3 is 30.6 Å². The summed E-state index contributed by atoms with van der Waals surface area (Å²) in [5, 5.41) is 8.94. The van der Waals surface area contributed by atoms with Crippen molar-refractivity contribution < 1.29 is 59.9 Å². The molecule has 8 nitrogen and oxygen atoms in total.